The summed E-state index contributed by atoms with van der Waals surface area (Å²) in [6.45, 7) is 10.3. The molecule has 3 heterocycles. The lowest BCUT2D eigenvalue weighted by molar-refractivity contribution is 0.0177. The highest BCUT2D eigenvalue weighted by Gasteiger charge is 2.23. The zero-order valence-corrected chi connectivity index (χ0v) is 20.4. The van der Waals surface area contributed by atoms with Crippen molar-refractivity contribution in [2.45, 2.75) is 26.3 Å². The van der Waals surface area contributed by atoms with Gasteiger partial charge in [0.2, 0.25) is 0 Å². The largest absolute Gasteiger partial charge is 0.469 e. The van der Waals surface area contributed by atoms with E-state index in [2.05, 4.69) is 46.9 Å². The average Bonchev–Trinajstić information content (AvgIpc) is 3.41. The molecule has 1 atom stereocenters. The summed E-state index contributed by atoms with van der Waals surface area (Å²) in [7, 11) is 0. The third kappa shape index (κ3) is 8.27. The van der Waals surface area contributed by atoms with E-state index >= 15 is 0 Å². The van der Waals surface area contributed by atoms with Gasteiger partial charge in [0.1, 0.15) is 5.76 Å². The average molecular weight is 532 g/mol. The molecule has 1 aliphatic heterocycles. The Labute approximate surface area is 195 Å². The van der Waals surface area contributed by atoms with Crippen LogP contribution < -0.4 is 10.6 Å². The number of aliphatic imine (C=N–C) groups is 1. The van der Waals surface area contributed by atoms with Gasteiger partial charge in [-0.1, -0.05) is 19.9 Å². The Kier molecular flexibility index (Phi) is 11.0. The molecule has 0 radical (unpaired) electrons. The van der Waals surface area contributed by atoms with E-state index in [0.29, 0.717) is 12.0 Å². The van der Waals surface area contributed by atoms with Crippen molar-refractivity contribution in [3.63, 3.8) is 0 Å². The van der Waals surface area contributed by atoms with Crippen LogP contribution in [0, 0.1) is 5.92 Å². The number of hydrogen-bond acceptors (Lipinski definition) is 5. The zero-order valence-electron chi connectivity index (χ0n) is 17.3. The Bertz CT molecular complexity index is 686. The Morgan fingerprint density at radius 2 is 2.03 bits per heavy atom. The van der Waals surface area contributed by atoms with Crippen LogP contribution in [0.15, 0.2) is 45.3 Å². The van der Waals surface area contributed by atoms with Crippen molar-refractivity contribution in [1.29, 1.82) is 0 Å². The Morgan fingerprint density at radius 3 is 2.69 bits per heavy atom. The molecule has 0 aromatic carbocycles. The molecule has 2 aromatic heterocycles. The van der Waals surface area contributed by atoms with E-state index in [1.165, 1.54) is 4.88 Å². The van der Waals surface area contributed by atoms with Crippen LogP contribution in [0.4, 0.5) is 0 Å². The molecule has 1 saturated heterocycles. The summed E-state index contributed by atoms with van der Waals surface area (Å²) in [6, 6.07) is 8.62. The minimum atomic E-state index is 0. The summed E-state index contributed by atoms with van der Waals surface area (Å²) in [6.07, 6.45) is 2.56. The molecule has 0 aliphatic carbocycles. The fraction of sp³-hybridized carbons (Fsp3) is 0.571. The van der Waals surface area contributed by atoms with E-state index in [-0.39, 0.29) is 24.0 Å². The second-order valence-electron chi connectivity index (χ2n) is 7.40. The number of morpholine rings is 1. The number of nitrogens with zero attached hydrogens (tertiary/aromatic N) is 2. The second-order valence-corrected chi connectivity index (χ2v) is 8.38. The van der Waals surface area contributed by atoms with Gasteiger partial charge in [0.05, 0.1) is 25.5 Å². The molecule has 0 saturated carbocycles. The minimum absolute atomic E-state index is 0. The molecule has 1 fully saturated rings. The van der Waals surface area contributed by atoms with Gasteiger partial charge in [-0.25, -0.2) is 0 Å². The summed E-state index contributed by atoms with van der Waals surface area (Å²) in [5.41, 5.74) is 0. The van der Waals surface area contributed by atoms with Crippen molar-refractivity contribution in [3.8, 4) is 0 Å². The van der Waals surface area contributed by atoms with Gasteiger partial charge in [0, 0.05) is 44.0 Å². The summed E-state index contributed by atoms with van der Waals surface area (Å²) >= 11 is 1.82. The molecular formula is C21H33IN4O2S. The van der Waals surface area contributed by atoms with E-state index in [4.69, 9.17) is 14.1 Å². The Morgan fingerprint density at radius 1 is 1.21 bits per heavy atom. The lowest BCUT2D eigenvalue weighted by Gasteiger charge is -2.34. The van der Waals surface area contributed by atoms with Crippen molar-refractivity contribution >= 4 is 41.3 Å². The highest BCUT2D eigenvalue weighted by Crippen LogP contribution is 2.25. The van der Waals surface area contributed by atoms with Gasteiger partial charge in [-0.15, -0.1) is 35.3 Å². The Balaban J connectivity index is 0.00000300. The number of ether oxygens (including phenoxy) is 1. The zero-order chi connectivity index (χ0) is 19.6. The Hall–Kier alpha value is -1.10. The number of rotatable bonds is 9. The van der Waals surface area contributed by atoms with Gasteiger partial charge in [0.15, 0.2) is 5.96 Å². The molecule has 1 aliphatic rings. The van der Waals surface area contributed by atoms with Crippen molar-refractivity contribution < 1.29 is 9.15 Å². The van der Waals surface area contributed by atoms with Crippen LogP contribution in [0.5, 0.6) is 0 Å². The smallest absolute Gasteiger partial charge is 0.191 e. The topological polar surface area (TPSA) is 62.0 Å². The van der Waals surface area contributed by atoms with Crippen molar-refractivity contribution in [2.24, 2.45) is 10.9 Å². The maximum absolute atomic E-state index is 5.54. The van der Waals surface area contributed by atoms with Crippen LogP contribution in [0.2, 0.25) is 0 Å². The fourth-order valence-electron chi connectivity index (χ4n) is 3.18. The van der Waals surface area contributed by atoms with Crippen LogP contribution in [-0.4, -0.2) is 56.8 Å². The van der Waals surface area contributed by atoms with E-state index in [1.807, 2.05) is 23.5 Å². The number of guanidine groups is 1. The predicted octanol–water partition coefficient (Wildman–Crippen LogP) is 3.77. The third-order valence-electron chi connectivity index (χ3n) is 4.68. The minimum Gasteiger partial charge on any atom is -0.469 e. The number of hydrogen-bond donors (Lipinski definition) is 2. The maximum atomic E-state index is 5.54. The van der Waals surface area contributed by atoms with Crippen molar-refractivity contribution in [1.82, 2.24) is 15.5 Å². The quantitative estimate of drug-likeness (QED) is 0.293. The molecule has 0 bridgehead atoms. The lowest BCUT2D eigenvalue weighted by atomic mass is 10.2. The normalized spacial score (nSPS) is 16.4. The molecule has 3 rings (SSSR count). The van der Waals surface area contributed by atoms with Gasteiger partial charge in [-0.05, 0) is 29.5 Å². The lowest BCUT2D eigenvalue weighted by Crippen LogP contribution is -2.46. The predicted molar refractivity (Wildman–Crippen MR) is 130 cm³/mol. The number of thiophene rings is 1. The van der Waals surface area contributed by atoms with E-state index < -0.39 is 0 Å². The number of furan rings is 1. The van der Waals surface area contributed by atoms with Crippen LogP contribution in [0.1, 0.15) is 30.5 Å². The fourth-order valence-corrected chi connectivity index (χ4v) is 4.04. The summed E-state index contributed by atoms with van der Waals surface area (Å²) < 4.78 is 11.0. The molecule has 29 heavy (non-hydrogen) atoms. The molecule has 1 unspecified atom stereocenters. The molecule has 6 nitrogen and oxygen atoms in total. The van der Waals surface area contributed by atoms with Gasteiger partial charge in [-0.2, -0.15) is 0 Å². The van der Waals surface area contributed by atoms with Crippen LogP contribution >= 0.6 is 35.3 Å². The second kappa shape index (κ2) is 13.3. The van der Waals surface area contributed by atoms with E-state index in [0.717, 1.165) is 64.1 Å². The molecule has 162 valence electrons. The maximum Gasteiger partial charge on any atom is 0.191 e. The molecule has 2 aromatic rings. The van der Waals surface area contributed by atoms with E-state index in [9.17, 15) is 0 Å². The van der Waals surface area contributed by atoms with Crippen molar-refractivity contribution in [3.05, 3.63) is 46.5 Å². The van der Waals surface area contributed by atoms with Gasteiger partial charge >= 0.3 is 0 Å². The SMILES string of the molecule is CC(C)CN=C(NCCc1ccco1)NCC(c1cccs1)N1CCOCC1.I. The summed E-state index contributed by atoms with van der Waals surface area (Å²) in [4.78, 5) is 8.65. The standard InChI is InChI=1S/C21H32N4O2S.HI/c1-17(2)15-23-21(22-8-7-18-5-3-11-27-18)24-16-19(20-6-4-14-28-20)25-9-12-26-13-10-25;/h3-6,11,14,17,19H,7-10,12-13,15-16H2,1-2H3,(H2,22,23,24);1H. The molecule has 0 spiro atoms. The molecular weight excluding hydrogens is 499 g/mol. The first-order valence-corrected chi connectivity index (χ1v) is 11.0. The van der Waals surface area contributed by atoms with Crippen LogP contribution in [0.3, 0.4) is 0 Å². The first-order valence-electron chi connectivity index (χ1n) is 10.1. The summed E-state index contributed by atoms with van der Waals surface area (Å²) in [5.74, 6) is 2.38. The van der Waals surface area contributed by atoms with Crippen LogP contribution in [-0.2, 0) is 11.2 Å². The van der Waals surface area contributed by atoms with Crippen LogP contribution in [0.25, 0.3) is 0 Å². The highest BCUT2D eigenvalue weighted by molar-refractivity contribution is 14.0. The number of halogens is 1. The molecule has 2 N–H and O–H groups in total. The van der Waals surface area contributed by atoms with Gasteiger partial charge in [-0.3, -0.25) is 9.89 Å². The van der Waals surface area contributed by atoms with Gasteiger partial charge in [0.25, 0.3) is 0 Å². The number of nitrogens with one attached hydrogen (secondary N) is 2. The highest BCUT2D eigenvalue weighted by atomic mass is 127. The monoisotopic (exact) mass is 532 g/mol. The third-order valence-corrected chi connectivity index (χ3v) is 5.65. The summed E-state index contributed by atoms with van der Waals surface area (Å²) in [5, 5.41) is 9.18. The molecule has 0 amide bonds. The molecule has 8 heteroatoms. The first kappa shape index (κ1) is 24.2. The first-order chi connectivity index (χ1) is 13.7. The van der Waals surface area contributed by atoms with E-state index in [1.54, 1.807) is 6.26 Å². The van der Waals surface area contributed by atoms with Gasteiger partial charge < -0.3 is 19.8 Å². The van der Waals surface area contributed by atoms with Crippen molar-refractivity contribution in [2.75, 3.05) is 45.9 Å².